The molecular formula is C9H13F2N3. The van der Waals surface area contributed by atoms with Crippen molar-refractivity contribution in [3.05, 3.63) is 17.5 Å². The van der Waals surface area contributed by atoms with Crippen LogP contribution in [0.3, 0.4) is 0 Å². The SMILES string of the molecule is Cc1c(C2(CN)CC2(F)F)cnn1C. The van der Waals surface area contributed by atoms with Crippen molar-refractivity contribution in [3.8, 4) is 0 Å². The van der Waals surface area contributed by atoms with Crippen LogP contribution < -0.4 is 5.73 Å². The second-order valence-corrected chi connectivity index (χ2v) is 3.93. The van der Waals surface area contributed by atoms with Crippen LogP contribution >= 0.6 is 0 Å². The van der Waals surface area contributed by atoms with E-state index in [4.69, 9.17) is 5.73 Å². The summed E-state index contributed by atoms with van der Waals surface area (Å²) in [4.78, 5) is 0. The van der Waals surface area contributed by atoms with Crippen molar-refractivity contribution >= 4 is 0 Å². The maximum atomic E-state index is 13.2. The average molecular weight is 201 g/mol. The lowest BCUT2D eigenvalue weighted by Gasteiger charge is -2.13. The molecule has 0 aliphatic heterocycles. The van der Waals surface area contributed by atoms with Crippen molar-refractivity contribution in [3.63, 3.8) is 0 Å². The lowest BCUT2D eigenvalue weighted by Crippen LogP contribution is -2.27. The van der Waals surface area contributed by atoms with Crippen molar-refractivity contribution in [2.75, 3.05) is 6.54 Å². The van der Waals surface area contributed by atoms with Crippen LogP contribution in [0.2, 0.25) is 0 Å². The van der Waals surface area contributed by atoms with Crippen LogP contribution in [-0.2, 0) is 12.5 Å². The van der Waals surface area contributed by atoms with Crippen molar-refractivity contribution in [2.24, 2.45) is 12.8 Å². The first-order valence-electron chi connectivity index (χ1n) is 4.51. The quantitative estimate of drug-likeness (QED) is 0.774. The van der Waals surface area contributed by atoms with Crippen LogP contribution in [0.5, 0.6) is 0 Å². The number of nitrogens with zero attached hydrogens (tertiary/aromatic N) is 2. The molecule has 0 bridgehead atoms. The molecule has 3 nitrogen and oxygen atoms in total. The predicted molar refractivity (Wildman–Crippen MR) is 48.2 cm³/mol. The first kappa shape index (κ1) is 9.58. The van der Waals surface area contributed by atoms with Gasteiger partial charge in [0.25, 0.3) is 5.92 Å². The molecule has 1 unspecified atom stereocenters. The average Bonchev–Trinajstić information content (AvgIpc) is 2.53. The summed E-state index contributed by atoms with van der Waals surface area (Å²) < 4.78 is 28.0. The smallest absolute Gasteiger partial charge is 0.260 e. The Labute approximate surface area is 80.9 Å². The fourth-order valence-corrected chi connectivity index (χ4v) is 1.93. The van der Waals surface area contributed by atoms with E-state index >= 15 is 0 Å². The van der Waals surface area contributed by atoms with E-state index in [0.29, 0.717) is 5.56 Å². The molecule has 1 aliphatic rings. The van der Waals surface area contributed by atoms with Crippen molar-refractivity contribution in [1.82, 2.24) is 9.78 Å². The monoisotopic (exact) mass is 201 g/mol. The molecule has 0 radical (unpaired) electrons. The molecule has 0 saturated heterocycles. The number of aryl methyl sites for hydroxylation is 1. The fraction of sp³-hybridized carbons (Fsp3) is 0.667. The first-order valence-corrected chi connectivity index (χ1v) is 4.51. The number of alkyl halides is 2. The van der Waals surface area contributed by atoms with Gasteiger partial charge < -0.3 is 5.73 Å². The summed E-state index contributed by atoms with van der Waals surface area (Å²) in [5.41, 5.74) is 5.65. The lowest BCUT2D eigenvalue weighted by molar-refractivity contribution is 0.0894. The molecule has 1 fully saturated rings. The van der Waals surface area contributed by atoms with Gasteiger partial charge in [0.2, 0.25) is 0 Å². The highest BCUT2D eigenvalue weighted by molar-refractivity contribution is 5.39. The lowest BCUT2D eigenvalue weighted by atomic mass is 9.96. The molecule has 1 saturated carbocycles. The number of nitrogens with two attached hydrogens (primary N) is 1. The Bertz CT molecular complexity index is 372. The Balaban J connectivity index is 2.45. The van der Waals surface area contributed by atoms with Crippen molar-refractivity contribution in [1.29, 1.82) is 0 Å². The molecule has 0 spiro atoms. The van der Waals surface area contributed by atoms with E-state index in [0.717, 1.165) is 5.69 Å². The van der Waals surface area contributed by atoms with E-state index < -0.39 is 11.3 Å². The topological polar surface area (TPSA) is 43.8 Å². The van der Waals surface area contributed by atoms with E-state index in [1.807, 2.05) is 0 Å². The summed E-state index contributed by atoms with van der Waals surface area (Å²) in [6.07, 6.45) is 1.35. The van der Waals surface area contributed by atoms with Crippen molar-refractivity contribution in [2.45, 2.75) is 24.7 Å². The van der Waals surface area contributed by atoms with Crippen LogP contribution in [0, 0.1) is 6.92 Å². The molecule has 2 N–H and O–H groups in total. The molecular weight excluding hydrogens is 188 g/mol. The van der Waals surface area contributed by atoms with E-state index in [1.165, 1.54) is 6.20 Å². The minimum atomic E-state index is -2.66. The predicted octanol–water partition coefficient (Wildman–Crippen LogP) is 0.964. The van der Waals surface area contributed by atoms with E-state index in [2.05, 4.69) is 5.10 Å². The number of rotatable bonds is 2. The third-order valence-electron chi connectivity index (χ3n) is 3.20. The molecule has 1 atom stereocenters. The Morgan fingerprint density at radius 3 is 2.50 bits per heavy atom. The van der Waals surface area contributed by atoms with Gasteiger partial charge in [-0.2, -0.15) is 5.10 Å². The normalized spacial score (nSPS) is 29.2. The van der Waals surface area contributed by atoms with Crippen LogP contribution in [0.1, 0.15) is 17.7 Å². The molecule has 2 rings (SSSR count). The fourth-order valence-electron chi connectivity index (χ4n) is 1.93. The first-order chi connectivity index (χ1) is 6.44. The maximum absolute atomic E-state index is 13.2. The van der Waals surface area contributed by atoms with Gasteiger partial charge in [0.1, 0.15) is 0 Å². The molecule has 1 aromatic rings. The zero-order valence-electron chi connectivity index (χ0n) is 8.22. The Morgan fingerprint density at radius 2 is 2.21 bits per heavy atom. The third kappa shape index (κ3) is 0.958. The molecule has 5 heteroatoms. The van der Waals surface area contributed by atoms with Gasteiger partial charge in [-0.05, 0) is 6.92 Å². The van der Waals surface area contributed by atoms with Crippen molar-refractivity contribution < 1.29 is 8.78 Å². The number of aromatic nitrogens is 2. The molecule has 78 valence electrons. The van der Waals surface area contributed by atoms with E-state index in [9.17, 15) is 8.78 Å². The summed E-state index contributed by atoms with van der Waals surface area (Å²) >= 11 is 0. The minimum absolute atomic E-state index is 0.0213. The molecule has 1 heterocycles. The third-order valence-corrected chi connectivity index (χ3v) is 3.20. The van der Waals surface area contributed by atoms with Crippen LogP contribution in [0.15, 0.2) is 6.20 Å². The number of hydrogen-bond donors (Lipinski definition) is 1. The molecule has 1 aromatic heterocycles. The summed E-state index contributed by atoms with van der Waals surface area (Å²) in [6, 6.07) is 0. The van der Waals surface area contributed by atoms with Crippen LogP contribution in [0.25, 0.3) is 0 Å². The second kappa shape index (κ2) is 2.53. The molecule has 0 amide bonds. The molecule has 1 aliphatic carbocycles. The minimum Gasteiger partial charge on any atom is -0.329 e. The highest BCUT2D eigenvalue weighted by Gasteiger charge is 2.71. The van der Waals surface area contributed by atoms with Gasteiger partial charge in [0, 0.05) is 31.3 Å². The summed E-state index contributed by atoms with van der Waals surface area (Å²) in [7, 11) is 1.74. The standard InChI is InChI=1S/C9H13F2N3/c1-6-7(3-13-14(6)2)8(5-12)4-9(8,10)11/h3H,4-5,12H2,1-2H3. The highest BCUT2D eigenvalue weighted by atomic mass is 19.3. The van der Waals surface area contributed by atoms with Gasteiger partial charge in [-0.1, -0.05) is 0 Å². The summed E-state index contributed by atoms with van der Waals surface area (Å²) in [5, 5.41) is 3.96. The maximum Gasteiger partial charge on any atom is 0.260 e. The van der Waals surface area contributed by atoms with Crippen LogP contribution in [-0.4, -0.2) is 22.2 Å². The van der Waals surface area contributed by atoms with Gasteiger partial charge in [-0.15, -0.1) is 0 Å². The van der Waals surface area contributed by atoms with Gasteiger partial charge >= 0.3 is 0 Å². The van der Waals surface area contributed by atoms with Crippen LogP contribution in [0.4, 0.5) is 8.78 Å². The number of halogens is 2. The van der Waals surface area contributed by atoms with Gasteiger partial charge in [-0.25, -0.2) is 8.78 Å². The zero-order chi connectivity index (χ0) is 10.6. The van der Waals surface area contributed by atoms with E-state index in [-0.39, 0.29) is 13.0 Å². The Kier molecular flexibility index (Phi) is 1.73. The van der Waals surface area contributed by atoms with E-state index in [1.54, 1.807) is 18.7 Å². The van der Waals surface area contributed by atoms with Gasteiger partial charge in [-0.3, -0.25) is 4.68 Å². The summed E-state index contributed by atoms with van der Waals surface area (Å²) in [5.74, 6) is -2.66. The highest BCUT2D eigenvalue weighted by Crippen LogP contribution is 2.61. The molecule has 0 aromatic carbocycles. The summed E-state index contributed by atoms with van der Waals surface area (Å²) in [6.45, 7) is 1.76. The Hall–Kier alpha value is -0.970. The largest absolute Gasteiger partial charge is 0.329 e. The second-order valence-electron chi connectivity index (χ2n) is 3.93. The van der Waals surface area contributed by atoms with Gasteiger partial charge in [0.15, 0.2) is 0 Å². The van der Waals surface area contributed by atoms with Gasteiger partial charge in [0.05, 0.1) is 11.6 Å². The Morgan fingerprint density at radius 1 is 1.64 bits per heavy atom. The zero-order valence-corrected chi connectivity index (χ0v) is 8.22. The number of hydrogen-bond acceptors (Lipinski definition) is 2. The molecule has 14 heavy (non-hydrogen) atoms.